The van der Waals surface area contributed by atoms with Gasteiger partial charge in [0.1, 0.15) is 5.01 Å². The Morgan fingerprint density at radius 2 is 2.19 bits per heavy atom. The van der Waals surface area contributed by atoms with Gasteiger partial charge in [-0.2, -0.15) is 0 Å². The fourth-order valence-electron chi connectivity index (χ4n) is 2.46. The Labute approximate surface area is 131 Å². The molecule has 1 aliphatic rings. The lowest BCUT2D eigenvalue weighted by Crippen LogP contribution is -2.11. The van der Waals surface area contributed by atoms with Gasteiger partial charge < -0.3 is 4.74 Å². The van der Waals surface area contributed by atoms with Gasteiger partial charge in [0.15, 0.2) is 0 Å². The van der Waals surface area contributed by atoms with Gasteiger partial charge in [-0.15, -0.1) is 11.3 Å². The molecule has 1 fully saturated rings. The molecular weight excluding hydrogens is 302 g/mol. The molecule has 0 radical (unpaired) electrons. The first-order valence-electron chi connectivity index (χ1n) is 7.28. The van der Waals surface area contributed by atoms with Crippen LogP contribution in [-0.2, 0) is 21.3 Å². The van der Waals surface area contributed by atoms with Crippen molar-refractivity contribution in [2.45, 2.75) is 31.1 Å². The summed E-state index contributed by atoms with van der Waals surface area (Å²) in [6, 6.07) is 10.2. The molecule has 1 aromatic heterocycles. The number of hydrogen-bond donors (Lipinski definition) is 0. The Morgan fingerprint density at radius 1 is 1.33 bits per heavy atom. The molecule has 2 heterocycles. The number of aromatic nitrogens is 1. The second-order valence-corrected chi connectivity index (χ2v) is 7.89. The topological polar surface area (TPSA) is 39.2 Å². The summed E-state index contributed by atoms with van der Waals surface area (Å²) in [5.74, 6) is 1.27. The monoisotopic (exact) mass is 321 g/mol. The molecule has 112 valence electrons. The van der Waals surface area contributed by atoms with Gasteiger partial charge in [-0.3, -0.25) is 4.21 Å². The normalized spacial score (nSPS) is 19.7. The molecule has 0 saturated carbocycles. The molecule has 2 atom stereocenters. The van der Waals surface area contributed by atoms with E-state index in [0.717, 1.165) is 35.8 Å². The van der Waals surface area contributed by atoms with Crippen molar-refractivity contribution in [3.05, 3.63) is 41.5 Å². The zero-order valence-corrected chi connectivity index (χ0v) is 13.5. The lowest BCUT2D eigenvalue weighted by molar-refractivity contribution is 0.109. The highest BCUT2D eigenvalue weighted by molar-refractivity contribution is 7.84. The fourth-order valence-corrected chi connectivity index (χ4v) is 4.83. The number of ether oxygens (including phenoxy) is 1. The van der Waals surface area contributed by atoms with Crippen molar-refractivity contribution in [2.75, 3.05) is 12.4 Å². The minimum atomic E-state index is -0.842. The predicted molar refractivity (Wildman–Crippen MR) is 87.9 cm³/mol. The van der Waals surface area contributed by atoms with Crippen molar-refractivity contribution in [3.8, 4) is 10.4 Å². The van der Waals surface area contributed by atoms with Gasteiger partial charge in [0.2, 0.25) is 0 Å². The Balaban J connectivity index is 1.53. The highest BCUT2D eigenvalue weighted by atomic mass is 32.2. The van der Waals surface area contributed by atoms with Crippen LogP contribution in [0.5, 0.6) is 0 Å². The minimum absolute atomic E-state index is 0.324. The van der Waals surface area contributed by atoms with Crippen LogP contribution in [0.3, 0.4) is 0 Å². The van der Waals surface area contributed by atoms with Crippen LogP contribution in [0.2, 0.25) is 0 Å². The van der Waals surface area contributed by atoms with E-state index < -0.39 is 10.8 Å². The third-order valence-corrected chi connectivity index (χ3v) is 6.10. The van der Waals surface area contributed by atoms with Gasteiger partial charge in [-0.05, 0) is 24.8 Å². The van der Waals surface area contributed by atoms with Gasteiger partial charge in [0, 0.05) is 29.4 Å². The molecule has 0 spiro atoms. The van der Waals surface area contributed by atoms with E-state index in [-0.39, 0.29) is 0 Å². The molecule has 1 aromatic carbocycles. The van der Waals surface area contributed by atoms with Crippen LogP contribution in [0.15, 0.2) is 36.5 Å². The Hall–Kier alpha value is -1.04. The number of hydrogen-bond acceptors (Lipinski definition) is 4. The van der Waals surface area contributed by atoms with Crippen molar-refractivity contribution in [1.29, 1.82) is 0 Å². The van der Waals surface area contributed by atoms with E-state index in [1.54, 1.807) is 11.3 Å². The molecule has 2 unspecified atom stereocenters. The SMILES string of the molecule is O=S(CCC1CCCO1)Cc1ncc(-c2ccccc2)s1. The summed E-state index contributed by atoms with van der Waals surface area (Å²) in [5, 5.41) is 0.958. The molecule has 3 nitrogen and oxygen atoms in total. The third-order valence-electron chi connectivity index (χ3n) is 3.59. The predicted octanol–water partition coefficient (Wildman–Crippen LogP) is 3.63. The van der Waals surface area contributed by atoms with Gasteiger partial charge in [0.25, 0.3) is 0 Å². The fraction of sp³-hybridized carbons (Fsp3) is 0.438. The van der Waals surface area contributed by atoms with E-state index in [4.69, 9.17) is 4.74 Å². The summed E-state index contributed by atoms with van der Waals surface area (Å²) in [6.45, 7) is 0.865. The second-order valence-electron chi connectivity index (χ2n) is 5.20. The average molecular weight is 321 g/mol. The maximum atomic E-state index is 12.1. The number of thiazole rings is 1. The lowest BCUT2D eigenvalue weighted by atomic mass is 10.2. The molecule has 2 aromatic rings. The van der Waals surface area contributed by atoms with Gasteiger partial charge in [-0.1, -0.05) is 30.3 Å². The summed E-state index contributed by atoms with van der Waals surface area (Å²) in [5.41, 5.74) is 1.17. The van der Waals surface area contributed by atoms with Crippen molar-refractivity contribution < 1.29 is 8.95 Å². The quantitative estimate of drug-likeness (QED) is 0.815. The maximum Gasteiger partial charge on any atom is 0.106 e. The van der Waals surface area contributed by atoms with E-state index in [0.29, 0.717) is 17.6 Å². The first-order valence-corrected chi connectivity index (χ1v) is 9.58. The highest BCUT2D eigenvalue weighted by Gasteiger charge is 2.17. The van der Waals surface area contributed by atoms with E-state index in [1.807, 2.05) is 24.4 Å². The van der Waals surface area contributed by atoms with Crippen LogP contribution in [0.1, 0.15) is 24.3 Å². The number of benzene rings is 1. The smallest absolute Gasteiger partial charge is 0.106 e. The number of rotatable bonds is 6. The van der Waals surface area contributed by atoms with Gasteiger partial charge >= 0.3 is 0 Å². The van der Waals surface area contributed by atoms with Crippen LogP contribution in [0, 0.1) is 0 Å². The van der Waals surface area contributed by atoms with Crippen molar-refractivity contribution >= 4 is 22.1 Å². The van der Waals surface area contributed by atoms with Crippen molar-refractivity contribution in [2.24, 2.45) is 0 Å². The molecule has 0 aliphatic carbocycles. The Kier molecular flexibility index (Phi) is 5.17. The first-order chi connectivity index (χ1) is 10.3. The zero-order chi connectivity index (χ0) is 14.5. The third kappa shape index (κ3) is 4.22. The van der Waals surface area contributed by atoms with E-state index in [9.17, 15) is 4.21 Å². The molecule has 1 saturated heterocycles. The van der Waals surface area contributed by atoms with E-state index in [1.165, 1.54) is 5.56 Å². The van der Waals surface area contributed by atoms with Crippen LogP contribution >= 0.6 is 11.3 Å². The summed E-state index contributed by atoms with van der Waals surface area (Å²) in [4.78, 5) is 5.55. The molecular formula is C16H19NO2S2. The molecule has 0 bridgehead atoms. The van der Waals surface area contributed by atoms with E-state index >= 15 is 0 Å². The minimum Gasteiger partial charge on any atom is -0.378 e. The molecule has 21 heavy (non-hydrogen) atoms. The van der Waals surface area contributed by atoms with Crippen LogP contribution in [-0.4, -0.2) is 27.7 Å². The van der Waals surface area contributed by atoms with Crippen molar-refractivity contribution in [1.82, 2.24) is 4.98 Å². The summed E-state index contributed by atoms with van der Waals surface area (Å²) in [7, 11) is -0.842. The van der Waals surface area contributed by atoms with Crippen LogP contribution < -0.4 is 0 Å². The molecule has 0 amide bonds. The van der Waals surface area contributed by atoms with Gasteiger partial charge in [-0.25, -0.2) is 4.98 Å². The largest absolute Gasteiger partial charge is 0.378 e. The maximum absolute atomic E-state index is 12.1. The van der Waals surface area contributed by atoms with Gasteiger partial charge in [0.05, 0.1) is 16.7 Å². The molecule has 0 N–H and O–H groups in total. The standard InChI is InChI=1S/C16H19NO2S2/c18-21(10-8-14-7-4-9-19-14)12-16-17-11-15(20-16)13-5-2-1-3-6-13/h1-3,5-6,11,14H,4,7-10,12H2. The lowest BCUT2D eigenvalue weighted by Gasteiger charge is -2.07. The Morgan fingerprint density at radius 3 is 2.95 bits per heavy atom. The van der Waals surface area contributed by atoms with Crippen molar-refractivity contribution in [3.63, 3.8) is 0 Å². The summed E-state index contributed by atoms with van der Waals surface area (Å²) < 4.78 is 17.7. The Bertz CT molecular complexity index is 591. The highest BCUT2D eigenvalue weighted by Crippen LogP contribution is 2.26. The van der Waals surface area contributed by atoms with E-state index in [2.05, 4.69) is 17.1 Å². The van der Waals surface area contributed by atoms with Crippen LogP contribution in [0.4, 0.5) is 0 Å². The summed E-state index contributed by atoms with van der Waals surface area (Å²) in [6.07, 6.45) is 5.37. The average Bonchev–Trinajstić information content (AvgIpc) is 3.17. The molecule has 5 heteroatoms. The molecule has 1 aliphatic heterocycles. The number of nitrogens with zero attached hydrogens (tertiary/aromatic N) is 1. The second kappa shape index (κ2) is 7.29. The first kappa shape index (κ1) is 14.9. The molecule has 3 rings (SSSR count). The summed E-state index contributed by atoms with van der Waals surface area (Å²) >= 11 is 1.64. The van der Waals surface area contributed by atoms with Crippen LogP contribution in [0.25, 0.3) is 10.4 Å². The zero-order valence-electron chi connectivity index (χ0n) is 11.9.